The Kier molecular flexibility index (Phi) is 7.02. The molecule has 0 atom stereocenters. The second-order valence-corrected chi connectivity index (χ2v) is 8.15. The van der Waals surface area contributed by atoms with Crippen LogP contribution in [0, 0.1) is 5.21 Å². The molecular weight excluding hydrogens is 418 g/mol. The first-order valence-electron chi connectivity index (χ1n) is 11.5. The number of carbonyl (C=O) groups is 1. The molecule has 2 heterocycles. The third-order valence-corrected chi connectivity index (χ3v) is 5.69. The van der Waals surface area contributed by atoms with E-state index in [1.165, 1.54) is 32.1 Å². The van der Waals surface area contributed by atoms with Crippen LogP contribution in [0.3, 0.4) is 0 Å². The second-order valence-electron chi connectivity index (χ2n) is 8.15. The summed E-state index contributed by atoms with van der Waals surface area (Å²) in [6.45, 7) is 2.94. The van der Waals surface area contributed by atoms with Gasteiger partial charge in [0, 0.05) is 12.6 Å². The Balaban J connectivity index is 1.42. The minimum absolute atomic E-state index is 0.213. The third kappa shape index (κ3) is 5.05. The predicted octanol–water partition coefficient (Wildman–Crippen LogP) is 4.50. The first-order valence-corrected chi connectivity index (χ1v) is 11.5. The standard InChI is InChI=1S/C25H29N5O3/c1-3-4-5-6-7-10-17-33-20-15-13-19(14-16-20)24-18-21(26-28(24)2)25(31)29-22-11-8-9-12-23(22)30(32)27-29/h8-9,11-16,18H,3-7,10,17H2,1-2H3. The van der Waals surface area contributed by atoms with E-state index in [9.17, 15) is 10.0 Å². The normalized spacial score (nSPS) is 11.2. The maximum atomic E-state index is 13.0. The number of hydrogen-bond acceptors (Lipinski definition) is 5. The van der Waals surface area contributed by atoms with E-state index < -0.39 is 5.91 Å². The molecule has 0 aliphatic heterocycles. The Labute approximate surface area is 193 Å². The highest BCUT2D eigenvalue weighted by molar-refractivity contribution is 5.98. The SMILES string of the molecule is CCCCCCCCOc1ccc(-c2cc(C(=O)n3n[n+]([O-])c4ccccc43)nn2C)cc1. The Hall–Kier alpha value is -3.68. The number of fused-ring (bicyclic) bond motifs is 1. The fourth-order valence-electron chi connectivity index (χ4n) is 3.88. The van der Waals surface area contributed by atoms with Gasteiger partial charge in [0.25, 0.3) is 0 Å². The lowest BCUT2D eigenvalue weighted by molar-refractivity contribution is -0.645. The molecule has 0 saturated heterocycles. The molecule has 0 aliphatic rings. The highest BCUT2D eigenvalue weighted by atomic mass is 16.5. The monoisotopic (exact) mass is 447 g/mol. The van der Waals surface area contributed by atoms with E-state index in [2.05, 4.69) is 17.2 Å². The van der Waals surface area contributed by atoms with Gasteiger partial charge in [-0.3, -0.25) is 4.68 Å². The Bertz CT molecular complexity index is 1230. The molecule has 0 spiro atoms. The lowest BCUT2D eigenvalue weighted by Gasteiger charge is -2.07. The molecular formula is C25H29N5O3. The number of benzene rings is 2. The first-order chi connectivity index (χ1) is 16.1. The molecule has 2 aromatic carbocycles. The fraction of sp³-hybridized carbons (Fsp3) is 0.360. The van der Waals surface area contributed by atoms with Crippen LogP contribution in [-0.4, -0.2) is 32.2 Å². The molecule has 0 saturated carbocycles. The molecule has 8 nitrogen and oxygen atoms in total. The first kappa shape index (κ1) is 22.5. The number of rotatable bonds is 10. The third-order valence-electron chi connectivity index (χ3n) is 5.69. The minimum atomic E-state index is -0.457. The molecule has 0 fully saturated rings. The molecule has 4 rings (SSSR count). The van der Waals surface area contributed by atoms with E-state index >= 15 is 0 Å². The van der Waals surface area contributed by atoms with Crippen LogP contribution in [0.15, 0.2) is 54.6 Å². The van der Waals surface area contributed by atoms with E-state index in [1.54, 1.807) is 42.1 Å². The summed E-state index contributed by atoms with van der Waals surface area (Å²) in [5.74, 6) is 0.371. The van der Waals surface area contributed by atoms with Crippen LogP contribution in [0.25, 0.3) is 22.3 Å². The molecule has 0 radical (unpaired) electrons. The summed E-state index contributed by atoms with van der Waals surface area (Å²) in [7, 11) is 1.78. The van der Waals surface area contributed by atoms with E-state index in [0.717, 1.165) is 28.1 Å². The van der Waals surface area contributed by atoms with Crippen LogP contribution in [0.2, 0.25) is 0 Å². The summed E-state index contributed by atoms with van der Waals surface area (Å²) in [5.41, 5.74) is 2.69. The maximum Gasteiger partial charge on any atom is 0.387 e. The number of unbranched alkanes of at least 4 members (excludes halogenated alkanes) is 5. The molecule has 0 unspecified atom stereocenters. The topological polar surface area (TPSA) is 88.9 Å². The van der Waals surface area contributed by atoms with Crippen LogP contribution < -0.4 is 9.58 Å². The summed E-state index contributed by atoms with van der Waals surface area (Å²) in [6, 6.07) is 16.3. The minimum Gasteiger partial charge on any atom is -0.691 e. The van der Waals surface area contributed by atoms with Gasteiger partial charge in [0.2, 0.25) is 11.0 Å². The zero-order chi connectivity index (χ0) is 23.2. The highest BCUT2D eigenvalue weighted by Crippen LogP contribution is 2.24. The van der Waals surface area contributed by atoms with Crippen molar-refractivity contribution >= 4 is 16.9 Å². The van der Waals surface area contributed by atoms with E-state index in [-0.39, 0.29) is 5.69 Å². The average molecular weight is 448 g/mol. The molecule has 0 amide bonds. The summed E-state index contributed by atoms with van der Waals surface area (Å²) < 4.78 is 8.60. The van der Waals surface area contributed by atoms with E-state index in [4.69, 9.17) is 4.74 Å². The molecule has 4 aromatic rings. The number of aryl methyl sites for hydroxylation is 1. The van der Waals surface area contributed by atoms with Gasteiger partial charge >= 0.3 is 5.91 Å². The van der Waals surface area contributed by atoms with Crippen molar-refractivity contribution in [3.8, 4) is 17.0 Å². The number of carbonyl (C=O) groups excluding carboxylic acids is 1. The molecule has 2 aromatic heterocycles. The number of aromatic nitrogens is 5. The summed E-state index contributed by atoms with van der Waals surface area (Å²) in [5, 5.41) is 20.2. The lowest BCUT2D eigenvalue weighted by atomic mass is 10.1. The van der Waals surface area contributed by atoms with Gasteiger partial charge in [0.1, 0.15) is 11.0 Å². The fourth-order valence-corrected chi connectivity index (χ4v) is 3.88. The van der Waals surface area contributed by atoms with E-state index in [1.807, 2.05) is 24.3 Å². The second kappa shape index (κ2) is 10.3. The predicted molar refractivity (Wildman–Crippen MR) is 126 cm³/mol. The zero-order valence-electron chi connectivity index (χ0n) is 19.1. The summed E-state index contributed by atoms with van der Waals surface area (Å²) in [4.78, 5) is 13.5. The van der Waals surface area contributed by atoms with Crippen molar-refractivity contribution in [3.05, 3.63) is 65.5 Å². The Morgan fingerprint density at radius 3 is 2.55 bits per heavy atom. The maximum absolute atomic E-state index is 13.0. The molecule has 0 aliphatic carbocycles. The van der Waals surface area contributed by atoms with Crippen LogP contribution in [0.5, 0.6) is 5.75 Å². The van der Waals surface area contributed by atoms with Gasteiger partial charge in [-0.25, -0.2) is 4.79 Å². The Morgan fingerprint density at radius 1 is 1.03 bits per heavy atom. The van der Waals surface area contributed by atoms with Crippen molar-refractivity contribution in [2.45, 2.75) is 45.4 Å². The van der Waals surface area contributed by atoms with Gasteiger partial charge in [0.05, 0.1) is 12.3 Å². The number of ether oxygens (including phenoxy) is 1. The molecule has 0 N–H and O–H groups in total. The van der Waals surface area contributed by atoms with Crippen LogP contribution in [0.1, 0.15) is 55.9 Å². The number of nitrogens with zero attached hydrogens (tertiary/aromatic N) is 5. The van der Waals surface area contributed by atoms with Gasteiger partial charge in [-0.2, -0.15) is 5.10 Å². The molecule has 33 heavy (non-hydrogen) atoms. The molecule has 0 bridgehead atoms. The van der Waals surface area contributed by atoms with Crippen LogP contribution >= 0.6 is 0 Å². The largest absolute Gasteiger partial charge is 0.691 e. The molecule has 172 valence electrons. The lowest BCUT2D eigenvalue weighted by Crippen LogP contribution is -2.31. The number of para-hydroxylation sites is 2. The van der Waals surface area contributed by atoms with E-state index in [0.29, 0.717) is 22.5 Å². The van der Waals surface area contributed by atoms with Gasteiger partial charge < -0.3 is 9.94 Å². The van der Waals surface area contributed by atoms with Crippen LogP contribution in [0.4, 0.5) is 0 Å². The zero-order valence-corrected chi connectivity index (χ0v) is 19.1. The quantitative estimate of drug-likeness (QED) is 0.203. The van der Waals surface area contributed by atoms with Crippen molar-refractivity contribution < 1.29 is 14.4 Å². The highest BCUT2D eigenvalue weighted by Gasteiger charge is 2.26. The number of hydrogen-bond donors (Lipinski definition) is 0. The van der Waals surface area contributed by atoms with Gasteiger partial charge in [0.15, 0.2) is 5.69 Å². The van der Waals surface area contributed by atoms with Crippen molar-refractivity contribution in [2.75, 3.05) is 6.61 Å². The van der Waals surface area contributed by atoms with Gasteiger partial charge in [-0.15, -0.1) is 4.85 Å². The summed E-state index contributed by atoms with van der Waals surface area (Å²) in [6.07, 6.45) is 7.39. The van der Waals surface area contributed by atoms with Crippen LogP contribution in [-0.2, 0) is 7.05 Å². The Morgan fingerprint density at radius 2 is 1.76 bits per heavy atom. The molecule has 8 heteroatoms. The van der Waals surface area contributed by atoms with Crippen molar-refractivity contribution in [1.29, 1.82) is 0 Å². The van der Waals surface area contributed by atoms with Gasteiger partial charge in [-0.05, 0) is 48.9 Å². The average Bonchev–Trinajstić information content (AvgIpc) is 3.39. The smallest absolute Gasteiger partial charge is 0.387 e. The summed E-state index contributed by atoms with van der Waals surface area (Å²) >= 11 is 0. The van der Waals surface area contributed by atoms with Crippen molar-refractivity contribution in [1.82, 2.24) is 19.7 Å². The van der Waals surface area contributed by atoms with Gasteiger partial charge in [-0.1, -0.05) is 55.8 Å². The van der Waals surface area contributed by atoms with Crippen molar-refractivity contribution in [2.24, 2.45) is 7.05 Å². The van der Waals surface area contributed by atoms with Crippen molar-refractivity contribution in [3.63, 3.8) is 0 Å².